The fourth-order valence-corrected chi connectivity index (χ4v) is 5.76. The van der Waals surface area contributed by atoms with Crippen LogP contribution in [0.5, 0.6) is 0 Å². The first-order valence-corrected chi connectivity index (χ1v) is 9.15. The van der Waals surface area contributed by atoms with Crippen LogP contribution in [-0.2, 0) is 0 Å². The Labute approximate surface area is 146 Å². The number of halogens is 1. The first-order chi connectivity index (χ1) is 10.8. The topological polar surface area (TPSA) is 32.3 Å². The zero-order valence-corrected chi connectivity index (χ0v) is 14.5. The number of carbonyl (C=O) groups excluding carboxylic acids is 1. The maximum atomic E-state index is 12.7. The summed E-state index contributed by atoms with van der Waals surface area (Å²) >= 11 is 1.72. The number of thiophene rings is 1. The Bertz CT molecular complexity index is 715. The molecule has 1 aliphatic carbocycles. The van der Waals surface area contributed by atoms with Crippen LogP contribution in [0.2, 0.25) is 0 Å². The molecule has 4 fully saturated rings. The van der Waals surface area contributed by atoms with Crippen molar-refractivity contribution in [2.75, 3.05) is 19.6 Å². The van der Waals surface area contributed by atoms with Crippen molar-refractivity contribution in [1.29, 1.82) is 0 Å². The van der Waals surface area contributed by atoms with Gasteiger partial charge in [-0.05, 0) is 65.6 Å². The molecule has 3 nitrogen and oxygen atoms in total. The predicted molar refractivity (Wildman–Crippen MR) is 96.5 cm³/mol. The molecule has 1 aromatic carbocycles. The summed E-state index contributed by atoms with van der Waals surface area (Å²) in [6, 6.07) is 8.54. The molecule has 6 rings (SSSR count). The number of piperidine rings is 3. The van der Waals surface area contributed by atoms with Gasteiger partial charge in [0.05, 0.1) is 0 Å². The molecule has 23 heavy (non-hydrogen) atoms. The summed E-state index contributed by atoms with van der Waals surface area (Å²) in [7, 11) is 0. The smallest absolute Gasteiger partial charge is 0.251 e. The Balaban J connectivity index is 0.00000135. The summed E-state index contributed by atoms with van der Waals surface area (Å²) in [5.74, 6) is 2.33. The lowest BCUT2D eigenvalue weighted by molar-refractivity contribution is -0.0418. The Hall–Kier alpha value is -1.10. The van der Waals surface area contributed by atoms with Crippen molar-refractivity contribution in [2.24, 2.45) is 17.8 Å². The van der Waals surface area contributed by atoms with Crippen LogP contribution in [0.25, 0.3) is 10.1 Å². The van der Waals surface area contributed by atoms with Gasteiger partial charge in [0.15, 0.2) is 0 Å². The lowest BCUT2D eigenvalue weighted by Crippen LogP contribution is -2.64. The van der Waals surface area contributed by atoms with Crippen LogP contribution >= 0.6 is 23.7 Å². The highest BCUT2D eigenvalue weighted by atomic mass is 35.5. The summed E-state index contributed by atoms with van der Waals surface area (Å²) in [4.78, 5) is 15.3. The van der Waals surface area contributed by atoms with Gasteiger partial charge in [-0.3, -0.25) is 4.79 Å². The summed E-state index contributed by atoms with van der Waals surface area (Å²) in [5, 5.41) is 6.63. The number of hydrogen-bond acceptors (Lipinski definition) is 3. The Morgan fingerprint density at radius 2 is 1.91 bits per heavy atom. The second-order valence-electron chi connectivity index (χ2n) is 7.25. The molecule has 4 aliphatic rings. The monoisotopic (exact) mass is 348 g/mol. The number of nitrogens with one attached hydrogen (secondary N) is 1. The summed E-state index contributed by atoms with van der Waals surface area (Å²) < 4.78 is 1.25. The fourth-order valence-electron chi connectivity index (χ4n) is 4.99. The number of nitrogens with zero attached hydrogens (tertiary/aromatic N) is 1. The maximum Gasteiger partial charge on any atom is 0.251 e. The summed E-state index contributed by atoms with van der Waals surface area (Å²) in [6.45, 7) is 3.66. The number of hydrogen-bond donors (Lipinski definition) is 1. The highest BCUT2D eigenvalue weighted by molar-refractivity contribution is 7.17. The molecule has 2 atom stereocenters. The summed E-state index contributed by atoms with van der Waals surface area (Å²) in [6.07, 6.45) is 2.61. The minimum absolute atomic E-state index is 0. The molecule has 4 heterocycles. The van der Waals surface area contributed by atoms with Crippen molar-refractivity contribution < 1.29 is 4.79 Å². The molecule has 0 radical (unpaired) electrons. The molecule has 3 saturated heterocycles. The van der Waals surface area contributed by atoms with Crippen molar-refractivity contribution in [3.63, 3.8) is 0 Å². The molecule has 5 heteroatoms. The summed E-state index contributed by atoms with van der Waals surface area (Å²) in [5.41, 5.74) is 0.806. The molecule has 122 valence electrons. The number of fused-ring (bicyclic) bond motifs is 1. The van der Waals surface area contributed by atoms with E-state index in [1.54, 1.807) is 11.3 Å². The van der Waals surface area contributed by atoms with Gasteiger partial charge in [-0.1, -0.05) is 0 Å². The zero-order valence-electron chi connectivity index (χ0n) is 12.9. The average Bonchev–Trinajstić information content (AvgIpc) is 2.97. The highest BCUT2D eigenvalue weighted by Gasteiger charge is 2.47. The lowest BCUT2D eigenvalue weighted by Gasteiger charge is -2.55. The zero-order chi connectivity index (χ0) is 14.7. The SMILES string of the molecule is Cl.O=C(NC1C2CC3CC1CN(C3)C2)c1ccc2sccc2c1. The molecule has 1 saturated carbocycles. The van der Waals surface area contributed by atoms with Crippen LogP contribution < -0.4 is 5.32 Å². The van der Waals surface area contributed by atoms with Gasteiger partial charge < -0.3 is 10.2 Å². The van der Waals surface area contributed by atoms with Crippen LogP contribution in [0, 0.1) is 17.8 Å². The molecule has 1 amide bonds. The Kier molecular flexibility index (Phi) is 3.87. The van der Waals surface area contributed by atoms with E-state index in [-0.39, 0.29) is 18.3 Å². The lowest BCUT2D eigenvalue weighted by atomic mass is 9.65. The van der Waals surface area contributed by atoms with Crippen molar-refractivity contribution >= 4 is 39.7 Å². The van der Waals surface area contributed by atoms with Gasteiger partial charge in [-0.15, -0.1) is 23.7 Å². The van der Waals surface area contributed by atoms with E-state index in [2.05, 4.69) is 27.7 Å². The van der Waals surface area contributed by atoms with Gasteiger partial charge in [-0.25, -0.2) is 0 Å². The van der Waals surface area contributed by atoms with Crippen LogP contribution in [0.4, 0.5) is 0 Å². The van der Waals surface area contributed by atoms with E-state index in [1.807, 2.05) is 12.1 Å². The van der Waals surface area contributed by atoms with Gasteiger partial charge in [-0.2, -0.15) is 0 Å². The maximum absolute atomic E-state index is 12.7. The molecule has 0 spiro atoms. The van der Waals surface area contributed by atoms with Gasteiger partial charge >= 0.3 is 0 Å². The minimum Gasteiger partial charge on any atom is -0.349 e. The van der Waals surface area contributed by atoms with Crippen LogP contribution in [0.15, 0.2) is 29.6 Å². The normalized spacial score (nSPS) is 34.3. The second kappa shape index (κ2) is 5.76. The molecular formula is C18H21ClN2OS. The third kappa shape index (κ3) is 2.57. The number of amides is 1. The number of rotatable bonds is 2. The molecule has 1 aromatic heterocycles. The molecular weight excluding hydrogens is 328 g/mol. The van der Waals surface area contributed by atoms with E-state index in [4.69, 9.17) is 0 Å². The first kappa shape index (κ1) is 15.4. The quantitative estimate of drug-likeness (QED) is 0.902. The van der Waals surface area contributed by atoms with Gasteiger partial charge in [0.1, 0.15) is 0 Å². The molecule has 3 aliphatic heterocycles. The Morgan fingerprint density at radius 3 is 2.65 bits per heavy atom. The number of benzene rings is 1. The standard InChI is InChI=1S/C18H20N2OS.ClH/c21-18(13-1-2-16-12(7-13)3-4-22-16)19-17-14-5-11-6-15(17)10-20(8-11)9-14;/h1-4,7,11,14-15,17H,5-6,8-10H2,(H,19,21);1H. The van der Waals surface area contributed by atoms with E-state index in [1.165, 1.54) is 42.6 Å². The van der Waals surface area contributed by atoms with Gasteiger partial charge in [0, 0.05) is 35.9 Å². The van der Waals surface area contributed by atoms with Crippen LogP contribution in [0.3, 0.4) is 0 Å². The largest absolute Gasteiger partial charge is 0.349 e. The fraction of sp³-hybridized carbons (Fsp3) is 0.500. The molecule has 4 bridgehead atoms. The van der Waals surface area contributed by atoms with Crippen molar-refractivity contribution in [1.82, 2.24) is 10.2 Å². The van der Waals surface area contributed by atoms with Gasteiger partial charge in [0.25, 0.3) is 5.91 Å². The van der Waals surface area contributed by atoms with Gasteiger partial charge in [0.2, 0.25) is 0 Å². The van der Waals surface area contributed by atoms with Crippen LogP contribution in [-0.4, -0.2) is 36.5 Å². The molecule has 2 unspecified atom stereocenters. The average molecular weight is 349 g/mol. The van der Waals surface area contributed by atoms with E-state index < -0.39 is 0 Å². The third-order valence-electron chi connectivity index (χ3n) is 5.80. The molecule has 2 aromatic rings. The second-order valence-corrected chi connectivity index (χ2v) is 8.20. The van der Waals surface area contributed by atoms with E-state index >= 15 is 0 Å². The van der Waals surface area contributed by atoms with E-state index in [0.717, 1.165) is 11.5 Å². The van der Waals surface area contributed by atoms with Crippen molar-refractivity contribution in [3.8, 4) is 0 Å². The predicted octanol–water partition coefficient (Wildman–Crippen LogP) is 3.39. The first-order valence-electron chi connectivity index (χ1n) is 8.27. The number of carbonyl (C=O) groups is 1. The Morgan fingerprint density at radius 1 is 1.13 bits per heavy atom. The van der Waals surface area contributed by atoms with E-state index in [9.17, 15) is 4.79 Å². The van der Waals surface area contributed by atoms with Crippen LogP contribution in [0.1, 0.15) is 23.2 Å². The van der Waals surface area contributed by atoms with E-state index in [0.29, 0.717) is 17.9 Å². The minimum atomic E-state index is 0. The third-order valence-corrected chi connectivity index (χ3v) is 6.70. The van der Waals surface area contributed by atoms with Crippen molar-refractivity contribution in [2.45, 2.75) is 18.9 Å². The molecule has 1 N–H and O–H groups in total. The highest BCUT2D eigenvalue weighted by Crippen LogP contribution is 2.43. The van der Waals surface area contributed by atoms with Crippen molar-refractivity contribution in [3.05, 3.63) is 35.2 Å².